The first kappa shape index (κ1) is 9.65. The van der Waals surface area contributed by atoms with E-state index < -0.39 is 6.10 Å². The van der Waals surface area contributed by atoms with Crippen LogP contribution in [-0.2, 0) is 6.54 Å². The second-order valence-electron chi connectivity index (χ2n) is 3.92. The summed E-state index contributed by atoms with van der Waals surface area (Å²) in [5.41, 5.74) is 0. The van der Waals surface area contributed by atoms with Gasteiger partial charge >= 0.3 is 0 Å². The van der Waals surface area contributed by atoms with Crippen molar-refractivity contribution in [1.29, 1.82) is 0 Å². The van der Waals surface area contributed by atoms with Gasteiger partial charge in [0, 0.05) is 6.54 Å². The van der Waals surface area contributed by atoms with E-state index in [1.165, 1.54) is 19.2 Å². The lowest BCUT2D eigenvalue weighted by Gasteiger charge is -2.16. The zero-order valence-corrected chi connectivity index (χ0v) is 8.56. The summed E-state index contributed by atoms with van der Waals surface area (Å²) >= 11 is 0. The Hall–Kier alpha value is -0.900. The zero-order valence-electron chi connectivity index (χ0n) is 8.56. The molecule has 0 spiro atoms. The van der Waals surface area contributed by atoms with Gasteiger partial charge in [-0.25, -0.2) is 9.67 Å². The quantitative estimate of drug-likeness (QED) is 0.795. The van der Waals surface area contributed by atoms with E-state index >= 15 is 0 Å². The summed E-state index contributed by atoms with van der Waals surface area (Å²) in [6.07, 6.45) is 5.83. The van der Waals surface area contributed by atoms with E-state index in [9.17, 15) is 5.11 Å². The SMILES string of the molecule is CCn1ncnc1C(O)C1CCCC1. The predicted molar refractivity (Wildman–Crippen MR) is 52.6 cm³/mol. The normalized spacial score (nSPS) is 20.1. The summed E-state index contributed by atoms with van der Waals surface area (Å²) in [7, 11) is 0. The maximum atomic E-state index is 10.1. The summed E-state index contributed by atoms with van der Waals surface area (Å²) in [5, 5.41) is 14.2. The van der Waals surface area contributed by atoms with Crippen molar-refractivity contribution in [2.45, 2.75) is 45.3 Å². The van der Waals surface area contributed by atoms with Crippen LogP contribution in [0.2, 0.25) is 0 Å². The van der Waals surface area contributed by atoms with E-state index in [0.717, 1.165) is 25.2 Å². The Morgan fingerprint density at radius 1 is 1.57 bits per heavy atom. The van der Waals surface area contributed by atoms with Crippen molar-refractivity contribution < 1.29 is 5.11 Å². The molecule has 0 aromatic carbocycles. The van der Waals surface area contributed by atoms with Gasteiger partial charge in [0.15, 0.2) is 5.82 Å². The highest BCUT2D eigenvalue weighted by Gasteiger charge is 2.27. The molecule has 1 aliphatic carbocycles. The molecule has 1 atom stereocenters. The van der Waals surface area contributed by atoms with Crippen molar-refractivity contribution in [3.8, 4) is 0 Å². The Morgan fingerprint density at radius 2 is 2.29 bits per heavy atom. The first-order chi connectivity index (χ1) is 6.83. The van der Waals surface area contributed by atoms with Gasteiger partial charge in [-0.2, -0.15) is 5.10 Å². The standard InChI is InChI=1S/C10H17N3O/c1-2-13-10(11-7-12-13)9(14)8-5-3-4-6-8/h7-9,14H,2-6H2,1H3. The first-order valence-electron chi connectivity index (χ1n) is 5.38. The molecule has 0 radical (unpaired) electrons. The number of aliphatic hydroxyl groups excluding tert-OH is 1. The van der Waals surface area contributed by atoms with Crippen molar-refractivity contribution in [3.63, 3.8) is 0 Å². The van der Waals surface area contributed by atoms with E-state index in [-0.39, 0.29) is 0 Å². The Kier molecular flexibility index (Phi) is 2.82. The molecule has 1 aromatic rings. The molecule has 1 fully saturated rings. The number of aliphatic hydroxyl groups is 1. The van der Waals surface area contributed by atoms with Gasteiger partial charge < -0.3 is 5.11 Å². The molecular formula is C10H17N3O. The fraction of sp³-hybridized carbons (Fsp3) is 0.800. The third-order valence-corrected chi connectivity index (χ3v) is 3.06. The lowest BCUT2D eigenvalue weighted by Crippen LogP contribution is -2.15. The van der Waals surface area contributed by atoms with E-state index in [4.69, 9.17) is 0 Å². The minimum Gasteiger partial charge on any atom is -0.385 e. The molecule has 1 heterocycles. The number of hydrogen-bond acceptors (Lipinski definition) is 3. The third kappa shape index (κ3) is 1.66. The minimum atomic E-state index is -0.417. The highest BCUT2D eigenvalue weighted by molar-refractivity contribution is 4.94. The molecule has 14 heavy (non-hydrogen) atoms. The van der Waals surface area contributed by atoms with E-state index in [0.29, 0.717) is 5.92 Å². The van der Waals surface area contributed by atoms with Crippen molar-refractivity contribution in [2.75, 3.05) is 0 Å². The number of aromatic nitrogens is 3. The van der Waals surface area contributed by atoms with Gasteiger partial charge in [-0.1, -0.05) is 12.8 Å². The van der Waals surface area contributed by atoms with Crippen LogP contribution in [0.25, 0.3) is 0 Å². The van der Waals surface area contributed by atoms with Crippen LogP contribution in [0.1, 0.15) is 44.5 Å². The monoisotopic (exact) mass is 195 g/mol. The predicted octanol–water partition coefficient (Wildman–Crippen LogP) is 1.52. The molecule has 0 amide bonds. The molecule has 0 aliphatic heterocycles. The second-order valence-corrected chi connectivity index (χ2v) is 3.92. The number of aryl methyl sites for hydroxylation is 1. The Morgan fingerprint density at radius 3 is 2.93 bits per heavy atom. The van der Waals surface area contributed by atoms with E-state index in [1.54, 1.807) is 4.68 Å². The molecule has 0 saturated heterocycles. The van der Waals surface area contributed by atoms with Gasteiger partial charge in [0.05, 0.1) is 0 Å². The van der Waals surface area contributed by atoms with Gasteiger partial charge in [0.1, 0.15) is 12.4 Å². The van der Waals surface area contributed by atoms with Crippen LogP contribution in [0.15, 0.2) is 6.33 Å². The lowest BCUT2D eigenvalue weighted by molar-refractivity contribution is 0.0979. The van der Waals surface area contributed by atoms with Gasteiger partial charge in [-0.05, 0) is 25.7 Å². The third-order valence-electron chi connectivity index (χ3n) is 3.06. The van der Waals surface area contributed by atoms with Crippen molar-refractivity contribution in [1.82, 2.24) is 14.8 Å². The largest absolute Gasteiger partial charge is 0.385 e. The van der Waals surface area contributed by atoms with Crippen LogP contribution in [0.4, 0.5) is 0 Å². The van der Waals surface area contributed by atoms with Crippen LogP contribution in [-0.4, -0.2) is 19.9 Å². The summed E-state index contributed by atoms with van der Waals surface area (Å²) in [6, 6.07) is 0. The lowest BCUT2D eigenvalue weighted by atomic mass is 10.0. The van der Waals surface area contributed by atoms with Gasteiger partial charge in [0.2, 0.25) is 0 Å². The van der Waals surface area contributed by atoms with E-state index in [1.807, 2.05) is 6.92 Å². The Bertz CT molecular complexity index is 291. The van der Waals surface area contributed by atoms with E-state index in [2.05, 4.69) is 10.1 Å². The zero-order chi connectivity index (χ0) is 9.97. The van der Waals surface area contributed by atoms with Crippen LogP contribution in [0.5, 0.6) is 0 Å². The molecule has 78 valence electrons. The molecule has 4 nitrogen and oxygen atoms in total. The highest BCUT2D eigenvalue weighted by Crippen LogP contribution is 2.34. The number of hydrogen-bond donors (Lipinski definition) is 1. The van der Waals surface area contributed by atoms with Crippen molar-refractivity contribution in [2.24, 2.45) is 5.92 Å². The van der Waals surface area contributed by atoms with Crippen LogP contribution < -0.4 is 0 Å². The Labute approximate surface area is 84.0 Å². The fourth-order valence-electron chi connectivity index (χ4n) is 2.23. The number of nitrogens with zero attached hydrogens (tertiary/aromatic N) is 3. The summed E-state index contributed by atoms with van der Waals surface area (Å²) in [5.74, 6) is 1.13. The summed E-state index contributed by atoms with van der Waals surface area (Å²) in [6.45, 7) is 2.79. The van der Waals surface area contributed by atoms with Crippen LogP contribution in [0, 0.1) is 5.92 Å². The van der Waals surface area contributed by atoms with Crippen LogP contribution in [0.3, 0.4) is 0 Å². The summed E-state index contributed by atoms with van der Waals surface area (Å²) < 4.78 is 1.78. The average molecular weight is 195 g/mol. The van der Waals surface area contributed by atoms with Gasteiger partial charge in [0.25, 0.3) is 0 Å². The number of rotatable bonds is 3. The molecule has 1 saturated carbocycles. The van der Waals surface area contributed by atoms with Gasteiger partial charge in [-0.3, -0.25) is 0 Å². The molecule has 1 aromatic heterocycles. The maximum absolute atomic E-state index is 10.1. The first-order valence-corrected chi connectivity index (χ1v) is 5.38. The molecule has 1 N–H and O–H groups in total. The second kappa shape index (κ2) is 4.09. The van der Waals surface area contributed by atoms with Crippen molar-refractivity contribution in [3.05, 3.63) is 12.2 Å². The van der Waals surface area contributed by atoms with Crippen molar-refractivity contribution >= 4 is 0 Å². The molecule has 4 heteroatoms. The fourth-order valence-corrected chi connectivity index (χ4v) is 2.23. The molecule has 1 aliphatic rings. The summed E-state index contributed by atoms with van der Waals surface area (Å²) in [4.78, 5) is 4.13. The molecular weight excluding hydrogens is 178 g/mol. The smallest absolute Gasteiger partial charge is 0.156 e. The van der Waals surface area contributed by atoms with Crippen LogP contribution >= 0.6 is 0 Å². The molecule has 1 unspecified atom stereocenters. The Balaban J connectivity index is 2.12. The molecule has 0 bridgehead atoms. The topological polar surface area (TPSA) is 50.9 Å². The maximum Gasteiger partial charge on any atom is 0.156 e. The van der Waals surface area contributed by atoms with Gasteiger partial charge in [-0.15, -0.1) is 0 Å². The molecule has 2 rings (SSSR count). The minimum absolute atomic E-state index is 0.393. The average Bonchev–Trinajstić information content (AvgIpc) is 2.87. The highest BCUT2D eigenvalue weighted by atomic mass is 16.3.